The Morgan fingerprint density at radius 2 is 1.92 bits per heavy atom. The summed E-state index contributed by atoms with van der Waals surface area (Å²) < 4.78 is 0. The molecule has 2 bridgehead atoms. The number of carbonyl (C=O) groups is 1. The standard InChI is InChI=1S/C10H15ClO/c1-9(2)6-4-10(3,8(9)12)5-7(6)11/h6-7H,4-5H2,1-3H3/t6-,7-,10+/m0/s1. The van der Waals surface area contributed by atoms with Crippen LogP contribution in [0.3, 0.4) is 0 Å². The summed E-state index contributed by atoms with van der Waals surface area (Å²) in [5.74, 6) is 0.841. The summed E-state index contributed by atoms with van der Waals surface area (Å²) in [6, 6.07) is 0. The molecule has 2 aliphatic carbocycles. The van der Waals surface area contributed by atoms with Crippen molar-refractivity contribution < 1.29 is 4.79 Å². The Labute approximate surface area is 78.5 Å². The largest absolute Gasteiger partial charge is 0.298 e. The second-order valence-electron chi connectivity index (χ2n) is 5.14. The quantitative estimate of drug-likeness (QED) is 0.532. The average Bonchev–Trinajstić information content (AvgIpc) is 2.32. The van der Waals surface area contributed by atoms with E-state index in [4.69, 9.17) is 11.6 Å². The number of rotatable bonds is 0. The van der Waals surface area contributed by atoms with E-state index in [0.717, 1.165) is 12.8 Å². The zero-order valence-corrected chi connectivity index (χ0v) is 8.61. The molecular formula is C10H15ClO. The van der Waals surface area contributed by atoms with Gasteiger partial charge in [-0.3, -0.25) is 4.79 Å². The first-order valence-electron chi connectivity index (χ1n) is 4.57. The van der Waals surface area contributed by atoms with E-state index in [9.17, 15) is 4.79 Å². The van der Waals surface area contributed by atoms with E-state index >= 15 is 0 Å². The van der Waals surface area contributed by atoms with Crippen LogP contribution in [0.4, 0.5) is 0 Å². The van der Waals surface area contributed by atoms with Gasteiger partial charge in [0.05, 0.1) is 0 Å². The van der Waals surface area contributed by atoms with Crippen LogP contribution in [0.25, 0.3) is 0 Å². The molecule has 0 aromatic rings. The van der Waals surface area contributed by atoms with Crippen molar-refractivity contribution in [3.05, 3.63) is 0 Å². The van der Waals surface area contributed by atoms with Crippen LogP contribution in [0.1, 0.15) is 33.6 Å². The fraction of sp³-hybridized carbons (Fsp3) is 0.900. The van der Waals surface area contributed by atoms with Crippen LogP contribution >= 0.6 is 11.6 Å². The summed E-state index contributed by atoms with van der Waals surface area (Å²) in [5, 5.41) is 0.225. The van der Waals surface area contributed by atoms with Crippen LogP contribution in [0.15, 0.2) is 0 Å². The number of ketones is 1. The number of halogens is 1. The van der Waals surface area contributed by atoms with E-state index in [2.05, 4.69) is 6.92 Å². The number of alkyl halides is 1. The van der Waals surface area contributed by atoms with Gasteiger partial charge in [0.1, 0.15) is 5.78 Å². The van der Waals surface area contributed by atoms with Crippen molar-refractivity contribution in [3.8, 4) is 0 Å². The van der Waals surface area contributed by atoms with Crippen molar-refractivity contribution >= 4 is 17.4 Å². The molecule has 0 unspecified atom stereocenters. The van der Waals surface area contributed by atoms with Crippen LogP contribution in [-0.4, -0.2) is 11.2 Å². The van der Waals surface area contributed by atoms with E-state index < -0.39 is 0 Å². The minimum absolute atomic E-state index is 0.0966. The molecule has 12 heavy (non-hydrogen) atoms. The Bertz CT molecular complexity index is 239. The highest BCUT2D eigenvalue weighted by Crippen LogP contribution is 2.61. The zero-order chi connectivity index (χ0) is 9.15. The first-order chi connectivity index (χ1) is 5.38. The molecule has 0 aromatic heterocycles. The van der Waals surface area contributed by atoms with Gasteiger partial charge in [0, 0.05) is 16.2 Å². The molecule has 0 aromatic carbocycles. The van der Waals surface area contributed by atoms with Crippen LogP contribution in [0.5, 0.6) is 0 Å². The first-order valence-corrected chi connectivity index (χ1v) is 5.00. The van der Waals surface area contributed by atoms with Gasteiger partial charge in [-0.25, -0.2) is 0 Å². The number of carbonyl (C=O) groups excluding carboxylic acids is 1. The molecule has 0 amide bonds. The highest BCUT2D eigenvalue weighted by Gasteiger charge is 2.62. The van der Waals surface area contributed by atoms with E-state index in [-0.39, 0.29) is 16.2 Å². The van der Waals surface area contributed by atoms with Crippen molar-refractivity contribution in [2.75, 3.05) is 0 Å². The summed E-state index contributed by atoms with van der Waals surface area (Å²) in [5.41, 5.74) is -0.264. The molecule has 0 aliphatic heterocycles. The maximum atomic E-state index is 11.9. The lowest BCUT2D eigenvalue weighted by Gasteiger charge is -2.34. The van der Waals surface area contributed by atoms with Gasteiger partial charge in [-0.15, -0.1) is 11.6 Å². The van der Waals surface area contributed by atoms with Crippen molar-refractivity contribution in [3.63, 3.8) is 0 Å². The molecule has 2 rings (SSSR count). The molecule has 0 saturated heterocycles. The van der Waals surface area contributed by atoms with Crippen LogP contribution in [-0.2, 0) is 4.79 Å². The maximum Gasteiger partial charge on any atom is 0.144 e. The topological polar surface area (TPSA) is 17.1 Å². The third kappa shape index (κ3) is 0.783. The lowest BCUT2D eigenvalue weighted by Crippen LogP contribution is -2.40. The molecule has 2 fully saturated rings. The summed E-state index contributed by atoms with van der Waals surface area (Å²) in [6.07, 6.45) is 1.90. The van der Waals surface area contributed by atoms with Gasteiger partial charge in [0.15, 0.2) is 0 Å². The van der Waals surface area contributed by atoms with Crippen LogP contribution in [0.2, 0.25) is 0 Å². The SMILES string of the molecule is CC1(C)C(=O)[C@@]2(C)C[C@H](Cl)[C@@H]1C2. The fourth-order valence-electron chi connectivity index (χ4n) is 3.11. The molecule has 0 heterocycles. The molecule has 2 aliphatic rings. The average molecular weight is 187 g/mol. The first kappa shape index (κ1) is 8.55. The van der Waals surface area contributed by atoms with E-state index in [1.54, 1.807) is 0 Å². The Hall–Kier alpha value is -0.0400. The molecule has 2 heteroatoms. The minimum Gasteiger partial charge on any atom is -0.298 e. The van der Waals surface area contributed by atoms with Gasteiger partial charge in [0.2, 0.25) is 0 Å². The number of hydrogen-bond donors (Lipinski definition) is 0. The van der Waals surface area contributed by atoms with Gasteiger partial charge in [-0.1, -0.05) is 20.8 Å². The summed E-state index contributed by atoms with van der Waals surface area (Å²) in [6.45, 7) is 6.15. The summed E-state index contributed by atoms with van der Waals surface area (Å²) in [7, 11) is 0. The fourth-order valence-corrected chi connectivity index (χ4v) is 3.85. The number of hydrogen-bond acceptors (Lipinski definition) is 1. The second kappa shape index (κ2) is 2.06. The lowest BCUT2D eigenvalue weighted by molar-refractivity contribution is -0.134. The minimum atomic E-state index is -0.167. The van der Waals surface area contributed by atoms with Gasteiger partial charge in [-0.05, 0) is 18.8 Å². The van der Waals surface area contributed by atoms with Crippen molar-refractivity contribution in [2.24, 2.45) is 16.7 Å². The molecule has 0 radical (unpaired) electrons. The number of fused-ring (bicyclic) bond motifs is 2. The highest BCUT2D eigenvalue weighted by atomic mass is 35.5. The molecule has 2 saturated carbocycles. The van der Waals surface area contributed by atoms with E-state index in [1.165, 1.54) is 0 Å². The van der Waals surface area contributed by atoms with Gasteiger partial charge >= 0.3 is 0 Å². The van der Waals surface area contributed by atoms with Crippen molar-refractivity contribution in [1.29, 1.82) is 0 Å². The smallest absolute Gasteiger partial charge is 0.144 e. The zero-order valence-electron chi connectivity index (χ0n) is 7.86. The summed E-state index contributed by atoms with van der Waals surface area (Å²) in [4.78, 5) is 11.9. The predicted molar refractivity (Wildman–Crippen MR) is 49.3 cm³/mol. The van der Waals surface area contributed by atoms with Gasteiger partial charge in [0.25, 0.3) is 0 Å². The third-order valence-electron chi connectivity index (χ3n) is 3.81. The van der Waals surface area contributed by atoms with Gasteiger partial charge < -0.3 is 0 Å². The Balaban J connectivity index is 2.43. The lowest BCUT2D eigenvalue weighted by atomic mass is 9.71. The molecule has 68 valence electrons. The third-order valence-corrected chi connectivity index (χ3v) is 4.27. The van der Waals surface area contributed by atoms with Crippen LogP contribution < -0.4 is 0 Å². The van der Waals surface area contributed by atoms with E-state index in [0.29, 0.717) is 11.7 Å². The van der Waals surface area contributed by atoms with Crippen LogP contribution in [0, 0.1) is 16.7 Å². The Morgan fingerprint density at radius 3 is 2.25 bits per heavy atom. The normalized spacial score (nSPS) is 50.2. The summed E-state index contributed by atoms with van der Waals surface area (Å²) >= 11 is 6.20. The molecule has 0 N–H and O–H groups in total. The van der Waals surface area contributed by atoms with Crippen molar-refractivity contribution in [1.82, 2.24) is 0 Å². The van der Waals surface area contributed by atoms with Crippen molar-refractivity contribution in [2.45, 2.75) is 39.0 Å². The molecule has 0 spiro atoms. The maximum absolute atomic E-state index is 11.9. The molecule has 1 nitrogen and oxygen atoms in total. The second-order valence-corrected chi connectivity index (χ2v) is 5.70. The van der Waals surface area contributed by atoms with E-state index in [1.807, 2.05) is 13.8 Å². The predicted octanol–water partition coefficient (Wildman–Crippen LogP) is 2.62. The monoisotopic (exact) mass is 186 g/mol. The number of Topliss-reactive ketones (excluding diaryl/α,β-unsaturated/α-hetero) is 1. The molecular weight excluding hydrogens is 172 g/mol. The highest BCUT2D eigenvalue weighted by molar-refractivity contribution is 6.22. The Morgan fingerprint density at radius 1 is 1.33 bits per heavy atom. The Kier molecular flexibility index (Phi) is 1.47. The van der Waals surface area contributed by atoms with Gasteiger partial charge in [-0.2, -0.15) is 0 Å². The molecule has 3 atom stereocenters.